The summed E-state index contributed by atoms with van der Waals surface area (Å²) in [5, 5.41) is 13.3. The third-order valence-electron chi connectivity index (χ3n) is 3.20. The lowest BCUT2D eigenvalue weighted by molar-refractivity contribution is -0.121. The van der Waals surface area contributed by atoms with E-state index in [1.54, 1.807) is 36.4 Å². The molecular weight excluding hydrogens is 480 g/mol. The van der Waals surface area contributed by atoms with Crippen LogP contribution in [0.5, 0.6) is 0 Å². The first-order chi connectivity index (χ1) is 13.8. The minimum atomic E-state index is -0.391. The molecule has 0 saturated carbocycles. The van der Waals surface area contributed by atoms with Crippen molar-refractivity contribution in [3.8, 4) is 11.4 Å². The zero-order valence-electron chi connectivity index (χ0n) is 14.4. The summed E-state index contributed by atoms with van der Waals surface area (Å²) in [6.07, 6.45) is 0. The van der Waals surface area contributed by atoms with Gasteiger partial charge in [-0.05, 0) is 35.5 Å². The van der Waals surface area contributed by atoms with Gasteiger partial charge < -0.3 is 5.73 Å². The molecule has 4 N–H and O–H groups in total. The molecule has 0 saturated heterocycles. The third-order valence-corrected chi connectivity index (χ3v) is 4.75. The molecule has 1 amide bonds. The highest BCUT2D eigenvalue weighted by Gasteiger charge is 2.13. The zero-order chi connectivity index (χ0) is 21.4. The van der Waals surface area contributed by atoms with Crippen LogP contribution in [-0.4, -0.2) is 31.6 Å². The van der Waals surface area contributed by atoms with Crippen LogP contribution in [0.4, 0.5) is 5.69 Å². The first kappa shape index (κ1) is 23.1. The molecule has 2 aromatic carbocycles. The zero-order valence-corrected chi connectivity index (χ0v) is 18.3. The number of halogens is 4. The summed E-state index contributed by atoms with van der Waals surface area (Å²) in [5.74, 6) is -0.125. The molecule has 152 valence electrons. The minimum absolute atomic E-state index is 0.153. The number of nitrogens with zero attached hydrogens (tertiary/aromatic N) is 4. The standard InChI is InChI=1S/C15H10Cl4N6O.CH3NS/c16-10-5-4-8(6-12(10)18)20-21-13(26)7-25-23-15(22-24-25)9-2-1-3-11(17)14(9)19;2-1-3/h1-6,20H,7H2,(H,21,26);1H,(H2,2,3). The van der Waals surface area contributed by atoms with E-state index in [0.29, 0.717) is 31.3 Å². The lowest BCUT2D eigenvalue weighted by Crippen LogP contribution is -2.33. The second kappa shape index (κ2) is 11.1. The molecule has 0 aliphatic heterocycles. The van der Waals surface area contributed by atoms with Crippen LogP contribution < -0.4 is 16.6 Å². The highest BCUT2D eigenvalue weighted by molar-refractivity contribution is 7.78. The maximum Gasteiger partial charge on any atom is 0.261 e. The predicted molar refractivity (Wildman–Crippen MR) is 119 cm³/mol. The molecule has 3 aromatic rings. The number of anilines is 1. The fourth-order valence-corrected chi connectivity index (χ4v) is 2.66. The van der Waals surface area contributed by atoms with E-state index >= 15 is 0 Å². The van der Waals surface area contributed by atoms with Crippen molar-refractivity contribution in [3.63, 3.8) is 0 Å². The van der Waals surface area contributed by atoms with Crippen LogP contribution in [0.3, 0.4) is 0 Å². The van der Waals surface area contributed by atoms with Gasteiger partial charge in [-0.25, -0.2) is 0 Å². The topological polar surface area (TPSA) is 111 Å². The Morgan fingerprint density at radius 2 is 1.86 bits per heavy atom. The van der Waals surface area contributed by atoms with Crippen molar-refractivity contribution < 1.29 is 4.79 Å². The predicted octanol–water partition coefficient (Wildman–Crippen LogP) is 4.00. The van der Waals surface area contributed by atoms with Gasteiger partial charge in [0.25, 0.3) is 5.91 Å². The van der Waals surface area contributed by atoms with E-state index in [1.807, 2.05) is 0 Å². The van der Waals surface area contributed by atoms with Crippen molar-refractivity contribution in [1.82, 2.24) is 25.6 Å². The van der Waals surface area contributed by atoms with E-state index in [4.69, 9.17) is 46.4 Å². The Kier molecular flexibility index (Phi) is 8.87. The number of rotatable bonds is 5. The fourth-order valence-electron chi connectivity index (χ4n) is 1.98. The molecule has 0 spiro atoms. The van der Waals surface area contributed by atoms with Crippen molar-refractivity contribution >= 4 is 75.7 Å². The van der Waals surface area contributed by atoms with E-state index in [2.05, 4.69) is 44.2 Å². The number of carbonyl (C=O) groups is 1. The Labute approximate surface area is 191 Å². The lowest BCUT2D eigenvalue weighted by atomic mass is 10.2. The number of amides is 1. The summed E-state index contributed by atoms with van der Waals surface area (Å²) in [4.78, 5) is 13.1. The van der Waals surface area contributed by atoms with Crippen LogP contribution in [0.25, 0.3) is 11.4 Å². The molecule has 0 radical (unpaired) electrons. The molecule has 29 heavy (non-hydrogen) atoms. The number of hydrazine groups is 1. The number of hydrogen-bond donors (Lipinski definition) is 3. The van der Waals surface area contributed by atoms with Crippen LogP contribution in [0.1, 0.15) is 0 Å². The highest BCUT2D eigenvalue weighted by Crippen LogP contribution is 2.31. The number of carbonyl (C=O) groups excluding carboxylic acids is 1. The smallest absolute Gasteiger partial charge is 0.261 e. The Hall–Kier alpha value is -2.17. The Morgan fingerprint density at radius 3 is 2.55 bits per heavy atom. The van der Waals surface area contributed by atoms with Crippen molar-refractivity contribution in [2.24, 2.45) is 5.73 Å². The first-order valence-electron chi connectivity index (χ1n) is 7.73. The number of nitrogens with two attached hydrogens (primary N) is 1. The first-order valence-corrected chi connectivity index (χ1v) is 9.71. The minimum Gasteiger partial charge on any atom is -0.396 e. The number of tetrazole rings is 1. The molecule has 0 aliphatic carbocycles. The molecule has 13 heteroatoms. The molecule has 0 aliphatic rings. The summed E-state index contributed by atoms with van der Waals surface area (Å²) >= 11 is 27.9. The summed E-state index contributed by atoms with van der Waals surface area (Å²) in [6.45, 7) is -0.153. The van der Waals surface area contributed by atoms with Crippen LogP contribution in [0.15, 0.2) is 36.4 Å². The van der Waals surface area contributed by atoms with Crippen molar-refractivity contribution in [3.05, 3.63) is 56.5 Å². The lowest BCUT2D eigenvalue weighted by Gasteiger charge is -2.08. The number of nitrogens with one attached hydrogen (secondary N) is 2. The normalized spacial score (nSPS) is 9.93. The SMILES string of the molecule is NC=S.O=C(Cn1nnc(-c2cccc(Cl)c2Cl)n1)NNc1ccc(Cl)c(Cl)c1. The number of aromatic nitrogens is 4. The second-order valence-corrected chi connectivity index (χ2v) is 7.05. The molecule has 0 atom stereocenters. The van der Waals surface area contributed by atoms with Crippen molar-refractivity contribution in [2.45, 2.75) is 6.54 Å². The van der Waals surface area contributed by atoms with Gasteiger partial charge in [-0.2, -0.15) is 4.80 Å². The van der Waals surface area contributed by atoms with Crippen LogP contribution in [-0.2, 0) is 11.3 Å². The van der Waals surface area contributed by atoms with Crippen LogP contribution in [0.2, 0.25) is 20.1 Å². The largest absolute Gasteiger partial charge is 0.396 e. The molecule has 0 bridgehead atoms. The van der Waals surface area contributed by atoms with Gasteiger partial charge in [-0.15, -0.1) is 10.2 Å². The molecule has 0 fully saturated rings. The molecule has 8 nitrogen and oxygen atoms in total. The molecule has 1 aromatic heterocycles. The average Bonchev–Trinajstić information content (AvgIpc) is 3.13. The van der Waals surface area contributed by atoms with Gasteiger partial charge in [0.15, 0.2) is 0 Å². The van der Waals surface area contributed by atoms with Crippen molar-refractivity contribution in [1.29, 1.82) is 0 Å². The summed E-state index contributed by atoms with van der Waals surface area (Å²) in [5.41, 5.74) is 11.9. The third kappa shape index (κ3) is 6.69. The highest BCUT2D eigenvalue weighted by atomic mass is 35.5. The fraction of sp³-hybridized carbons (Fsp3) is 0.0625. The van der Waals surface area contributed by atoms with E-state index < -0.39 is 5.91 Å². The van der Waals surface area contributed by atoms with Gasteiger partial charge in [0.05, 0.1) is 31.3 Å². The van der Waals surface area contributed by atoms with Gasteiger partial charge in [0.1, 0.15) is 6.54 Å². The molecule has 0 unspecified atom stereocenters. The van der Waals surface area contributed by atoms with E-state index in [9.17, 15) is 4.79 Å². The summed E-state index contributed by atoms with van der Waals surface area (Å²) in [6, 6.07) is 9.94. The van der Waals surface area contributed by atoms with Gasteiger partial charge in [-0.3, -0.25) is 15.6 Å². The quantitative estimate of drug-likeness (QED) is 0.364. The number of benzene rings is 2. The van der Waals surface area contributed by atoms with Gasteiger partial charge in [-0.1, -0.05) is 64.7 Å². The Balaban J connectivity index is 0.000000941. The summed E-state index contributed by atoms with van der Waals surface area (Å²) in [7, 11) is 0. The van der Waals surface area contributed by atoms with Gasteiger partial charge in [0, 0.05) is 5.56 Å². The maximum atomic E-state index is 12.0. The number of hydrogen-bond acceptors (Lipinski definition) is 6. The van der Waals surface area contributed by atoms with Crippen molar-refractivity contribution in [2.75, 3.05) is 5.43 Å². The number of thiocarbonyl (C=S) groups is 1. The van der Waals surface area contributed by atoms with E-state index in [1.165, 1.54) is 0 Å². The van der Waals surface area contributed by atoms with Crippen LogP contribution in [0, 0.1) is 0 Å². The average molecular weight is 493 g/mol. The molecule has 3 rings (SSSR count). The summed E-state index contributed by atoms with van der Waals surface area (Å²) < 4.78 is 0. The van der Waals surface area contributed by atoms with Gasteiger partial charge >= 0.3 is 0 Å². The van der Waals surface area contributed by atoms with Crippen LogP contribution >= 0.6 is 58.6 Å². The Bertz CT molecular complexity index is 1010. The van der Waals surface area contributed by atoms with E-state index in [0.717, 1.165) is 10.3 Å². The molecular formula is C16H13Cl4N7OS. The Morgan fingerprint density at radius 1 is 1.14 bits per heavy atom. The van der Waals surface area contributed by atoms with Gasteiger partial charge in [0.2, 0.25) is 5.82 Å². The molecule has 1 heterocycles. The van der Waals surface area contributed by atoms with E-state index in [-0.39, 0.29) is 12.4 Å². The monoisotopic (exact) mass is 491 g/mol. The maximum absolute atomic E-state index is 12.0. The second-order valence-electron chi connectivity index (χ2n) is 5.18.